The fraction of sp³-hybridized carbons (Fsp3) is 0.136. The highest BCUT2D eigenvalue weighted by Crippen LogP contribution is 2.32. The number of aryl methyl sites for hydroxylation is 1. The molecular weight excluding hydrogens is 436 g/mol. The second-order valence-corrected chi connectivity index (χ2v) is 8.25. The normalized spacial score (nSPS) is 10.8. The number of ether oxygens (including phenoxy) is 1. The molecule has 7 nitrogen and oxygen atoms in total. The average molecular weight is 455 g/mol. The fourth-order valence-electron chi connectivity index (χ4n) is 3.15. The molecule has 0 aliphatic carbocycles. The topological polar surface area (TPSA) is 76.5 Å². The summed E-state index contributed by atoms with van der Waals surface area (Å²) in [4.78, 5) is 27.2. The van der Waals surface area contributed by atoms with Gasteiger partial charge in [0.2, 0.25) is 0 Å². The van der Waals surface area contributed by atoms with Crippen LogP contribution in [0.4, 0.5) is 16.2 Å². The monoisotopic (exact) mass is 454 g/mol. The quantitative estimate of drug-likeness (QED) is 0.441. The van der Waals surface area contributed by atoms with Crippen LogP contribution in [0, 0.1) is 6.92 Å². The Kier molecular flexibility index (Phi) is 5.67. The highest BCUT2D eigenvalue weighted by molar-refractivity contribution is 7.20. The van der Waals surface area contributed by atoms with Crippen molar-refractivity contribution in [2.45, 2.75) is 6.92 Å². The standard InChI is InChI=1S/C22H19ClN4O3S/c1-13-16-12-19(31-21(16)27(25-13)18-7-5-4-6-17(18)23)20(28)24-14-8-10-15(11-9-14)26(2)22(29)30-3/h4-12H,1-3H3,(H,24,28). The van der Waals surface area contributed by atoms with Crippen molar-refractivity contribution < 1.29 is 14.3 Å². The number of nitrogens with one attached hydrogen (secondary N) is 1. The molecule has 4 aromatic rings. The molecule has 0 saturated carbocycles. The van der Waals surface area contributed by atoms with E-state index in [1.807, 2.05) is 37.3 Å². The number of fused-ring (bicyclic) bond motifs is 1. The number of para-hydroxylation sites is 1. The number of amides is 2. The summed E-state index contributed by atoms with van der Waals surface area (Å²) in [5.41, 5.74) is 2.86. The van der Waals surface area contributed by atoms with Crippen molar-refractivity contribution in [2.24, 2.45) is 0 Å². The van der Waals surface area contributed by atoms with Gasteiger partial charge in [0.25, 0.3) is 5.91 Å². The van der Waals surface area contributed by atoms with Crippen LogP contribution < -0.4 is 10.2 Å². The van der Waals surface area contributed by atoms with E-state index in [9.17, 15) is 9.59 Å². The molecule has 9 heteroatoms. The van der Waals surface area contributed by atoms with Gasteiger partial charge in [-0.25, -0.2) is 9.48 Å². The van der Waals surface area contributed by atoms with E-state index < -0.39 is 6.09 Å². The van der Waals surface area contributed by atoms with Gasteiger partial charge in [-0.3, -0.25) is 9.69 Å². The molecule has 0 spiro atoms. The maximum absolute atomic E-state index is 12.8. The summed E-state index contributed by atoms with van der Waals surface area (Å²) >= 11 is 7.69. The first-order valence-corrected chi connectivity index (χ1v) is 10.6. The lowest BCUT2D eigenvalue weighted by Gasteiger charge is -2.15. The smallest absolute Gasteiger partial charge is 0.413 e. The summed E-state index contributed by atoms with van der Waals surface area (Å²) < 4.78 is 6.47. The van der Waals surface area contributed by atoms with Crippen LogP contribution in [0.5, 0.6) is 0 Å². The number of aromatic nitrogens is 2. The fourth-order valence-corrected chi connectivity index (χ4v) is 4.44. The van der Waals surface area contributed by atoms with Crippen LogP contribution in [-0.4, -0.2) is 35.9 Å². The van der Waals surface area contributed by atoms with Crippen LogP contribution in [0.2, 0.25) is 5.02 Å². The van der Waals surface area contributed by atoms with E-state index in [0.717, 1.165) is 21.6 Å². The molecule has 0 aliphatic rings. The zero-order valence-electron chi connectivity index (χ0n) is 17.0. The Balaban J connectivity index is 1.58. The molecule has 158 valence electrons. The molecule has 0 saturated heterocycles. The molecule has 0 radical (unpaired) electrons. The van der Waals surface area contributed by atoms with E-state index in [1.165, 1.54) is 23.3 Å². The SMILES string of the molecule is COC(=O)N(C)c1ccc(NC(=O)c2cc3c(C)nn(-c4ccccc4Cl)c3s2)cc1. The highest BCUT2D eigenvalue weighted by atomic mass is 35.5. The first kappa shape index (κ1) is 20.9. The van der Waals surface area contributed by atoms with Crippen molar-refractivity contribution in [1.82, 2.24) is 9.78 Å². The first-order valence-electron chi connectivity index (χ1n) is 9.36. The number of anilines is 2. The number of nitrogens with zero attached hydrogens (tertiary/aromatic N) is 3. The third-order valence-corrected chi connectivity index (χ3v) is 6.24. The van der Waals surface area contributed by atoms with Gasteiger partial charge in [0.1, 0.15) is 4.83 Å². The van der Waals surface area contributed by atoms with Crippen LogP contribution in [0.25, 0.3) is 15.9 Å². The van der Waals surface area contributed by atoms with E-state index in [1.54, 1.807) is 36.0 Å². The van der Waals surface area contributed by atoms with Gasteiger partial charge in [-0.2, -0.15) is 5.10 Å². The zero-order valence-corrected chi connectivity index (χ0v) is 18.6. The van der Waals surface area contributed by atoms with Crippen molar-refractivity contribution in [1.29, 1.82) is 0 Å². The third-order valence-electron chi connectivity index (χ3n) is 4.81. The Morgan fingerprint density at radius 1 is 1.16 bits per heavy atom. The minimum Gasteiger partial charge on any atom is -0.452 e. The van der Waals surface area contributed by atoms with Crippen molar-refractivity contribution in [2.75, 3.05) is 24.4 Å². The zero-order chi connectivity index (χ0) is 22.1. The highest BCUT2D eigenvalue weighted by Gasteiger charge is 2.18. The first-order chi connectivity index (χ1) is 14.9. The second kappa shape index (κ2) is 8.41. The minimum atomic E-state index is -0.468. The number of hydrogen-bond acceptors (Lipinski definition) is 5. The number of carbonyl (C=O) groups excluding carboxylic acids is 2. The predicted molar refractivity (Wildman–Crippen MR) is 124 cm³/mol. The molecule has 2 amide bonds. The molecule has 4 rings (SSSR count). The van der Waals surface area contributed by atoms with Crippen molar-refractivity contribution in [3.63, 3.8) is 0 Å². The summed E-state index contributed by atoms with van der Waals surface area (Å²) in [5, 5.41) is 8.96. The number of benzene rings is 2. The lowest BCUT2D eigenvalue weighted by Crippen LogP contribution is -2.25. The number of thiophene rings is 1. The predicted octanol–water partition coefficient (Wildman–Crippen LogP) is 5.50. The molecule has 0 unspecified atom stereocenters. The summed E-state index contributed by atoms with van der Waals surface area (Å²) in [5.74, 6) is -0.222. The molecular formula is C22H19ClN4O3S. The number of carbonyl (C=O) groups is 2. The van der Waals surface area contributed by atoms with E-state index in [2.05, 4.69) is 10.4 Å². The van der Waals surface area contributed by atoms with Gasteiger partial charge in [0, 0.05) is 23.8 Å². The van der Waals surface area contributed by atoms with Gasteiger partial charge < -0.3 is 10.1 Å². The number of rotatable bonds is 4. The number of methoxy groups -OCH3 is 1. The number of halogens is 1. The van der Waals surface area contributed by atoms with Gasteiger partial charge in [0.15, 0.2) is 0 Å². The van der Waals surface area contributed by atoms with Crippen LogP contribution in [0.15, 0.2) is 54.6 Å². The molecule has 0 bridgehead atoms. The molecule has 2 heterocycles. The molecule has 2 aromatic carbocycles. The minimum absolute atomic E-state index is 0.222. The van der Waals surface area contributed by atoms with E-state index in [4.69, 9.17) is 16.3 Å². The lowest BCUT2D eigenvalue weighted by atomic mass is 10.2. The van der Waals surface area contributed by atoms with E-state index in [0.29, 0.717) is 21.3 Å². The summed E-state index contributed by atoms with van der Waals surface area (Å²) in [6, 6.07) is 16.2. The average Bonchev–Trinajstić information content (AvgIpc) is 3.34. The van der Waals surface area contributed by atoms with Crippen LogP contribution >= 0.6 is 22.9 Å². The number of hydrogen-bond donors (Lipinski definition) is 1. The molecule has 0 aliphatic heterocycles. The molecule has 31 heavy (non-hydrogen) atoms. The van der Waals surface area contributed by atoms with Crippen molar-refractivity contribution in [3.05, 3.63) is 70.2 Å². The molecule has 0 atom stereocenters. The summed E-state index contributed by atoms with van der Waals surface area (Å²) in [6.07, 6.45) is -0.468. The largest absolute Gasteiger partial charge is 0.452 e. The van der Waals surface area contributed by atoms with Crippen molar-refractivity contribution in [3.8, 4) is 5.69 Å². The summed E-state index contributed by atoms with van der Waals surface area (Å²) in [7, 11) is 2.94. The van der Waals surface area contributed by atoms with Gasteiger partial charge in [0.05, 0.1) is 28.4 Å². The molecule has 1 N–H and O–H groups in total. The Morgan fingerprint density at radius 3 is 2.55 bits per heavy atom. The van der Waals surface area contributed by atoms with Gasteiger partial charge >= 0.3 is 6.09 Å². The van der Waals surface area contributed by atoms with Crippen LogP contribution in [0.3, 0.4) is 0 Å². The lowest BCUT2D eigenvalue weighted by molar-refractivity contribution is 0.103. The molecule has 2 aromatic heterocycles. The van der Waals surface area contributed by atoms with Crippen LogP contribution in [-0.2, 0) is 4.74 Å². The third kappa shape index (κ3) is 3.99. The van der Waals surface area contributed by atoms with E-state index in [-0.39, 0.29) is 5.91 Å². The summed E-state index contributed by atoms with van der Waals surface area (Å²) in [6.45, 7) is 1.90. The second-order valence-electron chi connectivity index (χ2n) is 6.81. The van der Waals surface area contributed by atoms with Gasteiger partial charge in [-0.15, -0.1) is 11.3 Å². The van der Waals surface area contributed by atoms with Gasteiger partial charge in [-0.1, -0.05) is 23.7 Å². The Hall–Kier alpha value is -3.36. The molecule has 0 fully saturated rings. The van der Waals surface area contributed by atoms with Crippen molar-refractivity contribution >= 4 is 56.5 Å². The maximum Gasteiger partial charge on any atom is 0.413 e. The Morgan fingerprint density at radius 2 is 1.87 bits per heavy atom. The van der Waals surface area contributed by atoms with Gasteiger partial charge in [-0.05, 0) is 49.4 Å². The maximum atomic E-state index is 12.8. The van der Waals surface area contributed by atoms with Crippen LogP contribution in [0.1, 0.15) is 15.4 Å². The Bertz CT molecular complexity index is 1280. The van der Waals surface area contributed by atoms with E-state index >= 15 is 0 Å². The Labute approximate surface area is 187 Å².